The maximum atomic E-state index is 12.6. The third-order valence-corrected chi connectivity index (χ3v) is 6.20. The molecular weight excluding hydrogens is 414 g/mol. The lowest BCUT2D eigenvalue weighted by Crippen LogP contribution is -2.50. The molecule has 3 heterocycles. The van der Waals surface area contributed by atoms with E-state index in [9.17, 15) is 9.59 Å². The molecule has 1 aromatic carbocycles. The quantitative estimate of drug-likeness (QED) is 0.713. The molecular formula is C23H28ClN5O2. The van der Waals surface area contributed by atoms with Gasteiger partial charge in [0.2, 0.25) is 11.8 Å². The van der Waals surface area contributed by atoms with Gasteiger partial charge in [-0.25, -0.2) is 4.98 Å². The minimum Gasteiger partial charge on any atom is -0.368 e. The Kier molecular flexibility index (Phi) is 6.92. The first-order chi connectivity index (χ1) is 15.1. The molecule has 0 N–H and O–H groups in total. The zero-order chi connectivity index (χ0) is 21.6. The number of nitrogens with zero attached hydrogens (tertiary/aromatic N) is 5. The van der Waals surface area contributed by atoms with Crippen LogP contribution in [0.2, 0.25) is 5.02 Å². The van der Waals surface area contributed by atoms with E-state index in [0.717, 1.165) is 42.7 Å². The second-order valence-corrected chi connectivity index (χ2v) is 8.34. The molecule has 164 valence electrons. The van der Waals surface area contributed by atoms with Gasteiger partial charge in [0.15, 0.2) is 0 Å². The van der Waals surface area contributed by atoms with Crippen molar-refractivity contribution in [1.29, 1.82) is 0 Å². The second-order valence-electron chi connectivity index (χ2n) is 7.90. The van der Waals surface area contributed by atoms with Crippen LogP contribution >= 0.6 is 11.6 Å². The number of halogens is 1. The first-order valence-electron chi connectivity index (χ1n) is 10.8. The van der Waals surface area contributed by atoms with Crippen molar-refractivity contribution in [1.82, 2.24) is 14.8 Å². The maximum Gasteiger partial charge on any atom is 0.223 e. The molecule has 1 aromatic heterocycles. The van der Waals surface area contributed by atoms with Gasteiger partial charge in [-0.15, -0.1) is 0 Å². The van der Waals surface area contributed by atoms with Gasteiger partial charge < -0.3 is 19.6 Å². The Morgan fingerprint density at radius 2 is 1.39 bits per heavy atom. The van der Waals surface area contributed by atoms with E-state index < -0.39 is 0 Å². The lowest BCUT2D eigenvalue weighted by atomic mass is 10.2. The van der Waals surface area contributed by atoms with Crippen molar-refractivity contribution in [3.8, 4) is 0 Å². The number of amides is 2. The molecule has 0 saturated carbocycles. The Morgan fingerprint density at radius 3 is 1.94 bits per heavy atom. The van der Waals surface area contributed by atoms with Gasteiger partial charge in [-0.1, -0.05) is 23.7 Å². The summed E-state index contributed by atoms with van der Waals surface area (Å²) in [4.78, 5) is 37.8. The Balaban J connectivity index is 1.18. The molecule has 2 saturated heterocycles. The van der Waals surface area contributed by atoms with Crippen molar-refractivity contribution in [2.45, 2.75) is 12.8 Å². The molecule has 31 heavy (non-hydrogen) atoms. The number of hydrogen-bond donors (Lipinski definition) is 0. The summed E-state index contributed by atoms with van der Waals surface area (Å²) in [5.41, 5.74) is 1.08. The van der Waals surface area contributed by atoms with Crippen molar-refractivity contribution < 1.29 is 9.59 Å². The van der Waals surface area contributed by atoms with Crippen LogP contribution in [-0.2, 0) is 9.59 Å². The Bertz CT molecular complexity index is 894. The van der Waals surface area contributed by atoms with Gasteiger partial charge in [-0.05, 0) is 30.3 Å². The lowest BCUT2D eigenvalue weighted by Gasteiger charge is -2.37. The Hall–Kier alpha value is -2.80. The van der Waals surface area contributed by atoms with Crippen LogP contribution in [0.5, 0.6) is 0 Å². The number of aromatic nitrogens is 1. The van der Waals surface area contributed by atoms with Gasteiger partial charge >= 0.3 is 0 Å². The second kappa shape index (κ2) is 10.0. The van der Waals surface area contributed by atoms with E-state index in [4.69, 9.17) is 11.6 Å². The van der Waals surface area contributed by atoms with Gasteiger partial charge in [-0.2, -0.15) is 0 Å². The summed E-state index contributed by atoms with van der Waals surface area (Å²) in [5.74, 6) is 1.07. The molecule has 0 atom stereocenters. The van der Waals surface area contributed by atoms with E-state index in [2.05, 4.69) is 14.8 Å². The third kappa shape index (κ3) is 5.47. The number of pyridine rings is 1. The number of carbonyl (C=O) groups is 2. The summed E-state index contributed by atoms with van der Waals surface area (Å²) in [6.45, 7) is 5.75. The highest BCUT2D eigenvalue weighted by molar-refractivity contribution is 6.30. The van der Waals surface area contributed by atoms with Crippen molar-refractivity contribution in [2.75, 3.05) is 62.2 Å². The number of rotatable bonds is 5. The fourth-order valence-electron chi connectivity index (χ4n) is 4.14. The van der Waals surface area contributed by atoms with E-state index in [1.165, 1.54) is 0 Å². The van der Waals surface area contributed by atoms with Gasteiger partial charge in [0.1, 0.15) is 5.82 Å². The van der Waals surface area contributed by atoms with E-state index in [-0.39, 0.29) is 24.7 Å². The van der Waals surface area contributed by atoms with E-state index in [0.29, 0.717) is 26.2 Å². The summed E-state index contributed by atoms with van der Waals surface area (Å²) >= 11 is 6.08. The van der Waals surface area contributed by atoms with Crippen molar-refractivity contribution >= 4 is 34.9 Å². The average molecular weight is 442 g/mol. The van der Waals surface area contributed by atoms with Crippen LogP contribution in [0.1, 0.15) is 12.8 Å². The highest BCUT2D eigenvalue weighted by Gasteiger charge is 2.25. The molecule has 7 nitrogen and oxygen atoms in total. The number of benzene rings is 1. The molecule has 0 bridgehead atoms. The van der Waals surface area contributed by atoms with Crippen LogP contribution in [0.25, 0.3) is 0 Å². The van der Waals surface area contributed by atoms with Gasteiger partial charge in [0, 0.05) is 82.1 Å². The lowest BCUT2D eigenvalue weighted by molar-refractivity contribution is -0.137. The van der Waals surface area contributed by atoms with E-state index in [1.54, 1.807) is 6.20 Å². The molecule has 0 aliphatic carbocycles. The molecule has 0 unspecified atom stereocenters. The Labute approximate surface area is 188 Å². The highest BCUT2D eigenvalue weighted by atomic mass is 35.5. The molecule has 4 rings (SSSR count). The molecule has 2 aliphatic rings. The number of anilines is 2. The van der Waals surface area contributed by atoms with E-state index in [1.807, 2.05) is 52.3 Å². The normalized spacial score (nSPS) is 17.1. The largest absolute Gasteiger partial charge is 0.368 e. The summed E-state index contributed by atoms with van der Waals surface area (Å²) in [5, 5.41) is 0.718. The number of carbonyl (C=O) groups excluding carboxylic acids is 2. The summed E-state index contributed by atoms with van der Waals surface area (Å²) < 4.78 is 0. The highest BCUT2D eigenvalue weighted by Crippen LogP contribution is 2.21. The summed E-state index contributed by atoms with van der Waals surface area (Å²) in [6.07, 6.45) is 2.33. The van der Waals surface area contributed by atoms with Crippen LogP contribution in [0.3, 0.4) is 0 Å². The fraction of sp³-hybridized carbons (Fsp3) is 0.435. The van der Waals surface area contributed by atoms with Gasteiger partial charge in [0.25, 0.3) is 0 Å². The first kappa shape index (κ1) is 21.4. The minimum atomic E-state index is 0.0613. The minimum absolute atomic E-state index is 0.0613. The average Bonchev–Trinajstić information content (AvgIpc) is 2.83. The van der Waals surface area contributed by atoms with Crippen LogP contribution in [-0.4, -0.2) is 79.0 Å². The zero-order valence-electron chi connectivity index (χ0n) is 17.6. The fourth-order valence-corrected chi connectivity index (χ4v) is 4.33. The van der Waals surface area contributed by atoms with Crippen LogP contribution in [0, 0.1) is 0 Å². The standard InChI is InChI=1S/C23H28ClN5O2/c24-19-4-3-5-20(18-19)26-10-14-28(15-11-26)22(30)7-8-23(31)29-16-12-27(13-17-29)21-6-1-2-9-25-21/h1-6,9,18H,7-8,10-17H2. The molecule has 8 heteroatoms. The van der Waals surface area contributed by atoms with Crippen LogP contribution in [0.15, 0.2) is 48.7 Å². The summed E-state index contributed by atoms with van der Waals surface area (Å²) in [6, 6.07) is 13.7. The monoisotopic (exact) mass is 441 g/mol. The molecule has 0 spiro atoms. The molecule has 2 aliphatic heterocycles. The topological polar surface area (TPSA) is 60.0 Å². The first-order valence-corrected chi connectivity index (χ1v) is 11.2. The molecule has 0 radical (unpaired) electrons. The SMILES string of the molecule is O=C(CCC(=O)N1CCN(c2ccccn2)CC1)N1CCN(c2cccc(Cl)c2)CC1. The van der Waals surface area contributed by atoms with Gasteiger partial charge in [-0.3, -0.25) is 9.59 Å². The predicted molar refractivity (Wildman–Crippen MR) is 123 cm³/mol. The van der Waals surface area contributed by atoms with Crippen LogP contribution in [0.4, 0.5) is 11.5 Å². The number of hydrogen-bond acceptors (Lipinski definition) is 5. The maximum absolute atomic E-state index is 12.6. The van der Waals surface area contributed by atoms with Gasteiger partial charge in [0.05, 0.1) is 0 Å². The summed E-state index contributed by atoms with van der Waals surface area (Å²) in [7, 11) is 0. The number of piperazine rings is 2. The third-order valence-electron chi connectivity index (χ3n) is 5.96. The van der Waals surface area contributed by atoms with Crippen molar-refractivity contribution in [2.24, 2.45) is 0 Å². The smallest absolute Gasteiger partial charge is 0.223 e. The Morgan fingerprint density at radius 1 is 0.774 bits per heavy atom. The molecule has 2 amide bonds. The molecule has 2 aromatic rings. The van der Waals surface area contributed by atoms with Crippen molar-refractivity contribution in [3.63, 3.8) is 0 Å². The van der Waals surface area contributed by atoms with Crippen molar-refractivity contribution in [3.05, 3.63) is 53.7 Å². The van der Waals surface area contributed by atoms with E-state index >= 15 is 0 Å². The molecule has 2 fully saturated rings. The predicted octanol–water partition coefficient (Wildman–Crippen LogP) is 2.51. The zero-order valence-corrected chi connectivity index (χ0v) is 18.4. The van der Waals surface area contributed by atoms with Crippen LogP contribution < -0.4 is 9.80 Å².